The van der Waals surface area contributed by atoms with Crippen molar-refractivity contribution in [3.05, 3.63) is 29.3 Å². The molecule has 19 heavy (non-hydrogen) atoms. The summed E-state index contributed by atoms with van der Waals surface area (Å²) in [5.74, 6) is 0.0841. The monoisotopic (exact) mass is 259 g/mol. The summed E-state index contributed by atoms with van der Waals surface area (Å²) in [6.07, 6.45) is 0. The molecule has 0 atom stereocenters. The largest absolute Gasteiger partial charge is 0.508 e. The van der Waals surface area contributed by atoms with E-state index in [1.807, 2.05) is 4.90 Å². The Morgan fingerprint density at radius 2 is 2.05 bits per heavy atom. The highest BCUT2D eigenvalue weighted by Gasteiger charge is 2.22. The Bertz CT molecular complexity index is 514. The van der Waals surface area contributed by atoms with Crippen molar-refractivity contribution in [2.24, 2.45) is 0 Å². The van der Waals surface area contributed by atoms with E-state index >= 15 is 0 Å². The summed E-state index contributed by atoms with van der Waals surface area (Å²) in [5.41, 5.74) is 1.27. The molecule has 1 saturated heterocycles. The van der Waals surface area contributed by atoms with Gasteiger partial charge in [0, 0.05) is 31.7 Å². The molecule has 1 amide bonds. The molecule has 0 bridgehead atoms. The first kappa shape index (κ1) is 13.4. The van der Waals surface area contributed by atoms with Crippen LogP contribution in [0.4, 0.5) is 0 Å². The molecule has 1 fully saturated rings. The predicted molar refractivity (Wildman–Crippen MR) is 70.8 cm³/mol. The number of aromatic hydroxyl groups is 1. The molecule has 0 saturated carbocycles. The van der Waals surface area contributed by atoms with Gasteiger partial charge in [0.2, 0.25) is 0 Å². The summed E-state index contributed by atoms with van der Waals surface area (Å²) in [5, 5.41) is 18.3. The number of phenolic OH excluding ortho intramolecular Hbond substituents is 1. The van der Waals surface area contributed by atoms with Crippen LogP contribution in [0.2, 0.25) is 0 Å². The zero-order valence-corrected chi connectivity index (χ0v) is 11.0. The maximum absolute atomic E-state index is 12.3. The van der Waals surface area contributed by atoms with Crippen LogP contribution in [-0.4, -0.2) is 53.5 Å². The van der Waals surface area contributed by atoms with Gasteiger partial charge in [-0.05, 0) is 24.6 Å². The number of benzene rings is 1. The van der Waals surface area contributed by atoms with Gasteiger partial charge in [-0.3, -0.25) is 9.69 Å². The fourth-order valence-electron chi connectivity index (χ4n) is 2.13. The second-order valence-corrected chi connectivity index (χ2v) is 4.73. The molecule has 1 aromatic rings. The van der Waals surface area contributed by atoms with Crippen molar-refractivity contribution >= 4 is 5.91 Å². The quantitative estimate of drug-likeness (QED) is 0.804. The Morgan fingerprint density at radius 1 is 1.37 bits per heavy atom. The third kappa shape index (κ3) is 3.04. The first-order chi connectivity index (χ1) is 9.11. The van der Waals surface area contributed by atoms with Crippen LogP contribution in [0.5, 0.6) is 5.75 Å². The van der Waals surface area contributed by atoms with E-state index in [1.54, 1.807) is 24.0 Å². The van der Waals surface area contributed by atoms with Gasteiger partial charge in [0.25, 0.3) is 5.91 Å². The summed E-state index contributed by atoms with van der Waals surface area (Å²) >= 11 is 0. The van der Waals surface area contributed by atoms with Crippen LogP contribution in [0.3, 0.4) is 0 Å². The molecule has 1 heterocycles. The minimum absolute atomic E-state index is 0.0630. The van der Waals surface area contributed by atoms with Crippen molar-refractivity contribution in [1.29, 1.82) is 5.26 Å². The minimum Gasteiger partial charge on any atom is -0.508 e. The molecule has 5 nitrogen and oxygen atoms in total. The number of amides is 1. The van der Waals surface area contributed by atoms with Crippen molar-refractivity contribution in [3.63, 3.8) is 0 Å². The third-order valence-electron chi connectivity index (χ3n) is 3.41. The Kier molecular flexibility index (Phi) is 4.03. The molecule has 0 aromatic heterocycles. The van der Waals surface area contributed by atoms with Gasteiger partial charge < -0.3 is 10.0 Å². The van der Waals surface area contributed by atoms with Crippen molar-refractivity contribution in [2.75, 3.05) is 32.7 Å². The lowest BCUT2D eigenvalue weighted by Gasteiger charge is -2.33. The lowest BCUT2D eigenvalue weighted by molar-refractivity contribution is 0.0651. The maximum Gasteiger partial charge on any atom is 0.254 e. The number of hydrogen-bond acceptors (Lipinski definition) is 4. The van der Waals surface area contributed by atoms with Crippen molar-refractivity contribution in [1.82, 2.24) is 9.80 Å². The molecule has 0 aliphatic carbocycles. The molecule has 1 N–H and O–H groups in total. The smallest absolute Gasteiger partial charge is 0.254 e. The van der Waals surface area contributed by atoms with E-state index in [4.69, 9.17) is 5.26 Å². The molecule has 0 spiro atoms. The number of piperazine rings is 1. The van der Waals surface area contributed by atoms with Gasteiger partial charge in [-0.1, -0.05) is 6.07 Å². The van der Waals surface area contributed by atoms with Crippen LogP contribution in [-0.2, 0) is 0 Å². The fourth-order valence-corrected chi connectivity index (χ4v) is 2.13. The van der Waals surface area contributed by atoms with E-state index in [-0.39, 0.29) is 11.7 Å². The van der Waals surface area contributed by atoms with Gasteiger partial charge in [0.05, 0.1) is 12.6 Å². The second kappa shape index (κ2) is 5.72. The van der Waals surface area contributed by atoms with Gasteiger partial charge in [0.15, 0.2) is 0 Å². The second-order valence-electron chi connectivity index (χ2n) is 4.73. The molecule has 100 valence electrons. The van der Waals surface area contributed by atoms with E-state index in [0.29, 0.717) is 25.2 Å². The predicted octanol–water partition coefficient (Wildman–Crippen LogP) is 0.982. The molecule has 1 aliphatic heterocycles. The van der Waals surface area contributed by atoms with Gasteiger partial charge in [-0.2, -0.15) is 5.26 Å². The van der Waals surface area contributed by atoms with Crippen LogP contribution in [0.15, 0.2) is 18.2 Å². The SMILES string of the molecule is Cc1ccc(C(=O)N2CCN(CC#N)CC2)cc1O. The normalized spacial score (nSPS) is 16.1. The number of hydrogen-bond donors (Lipinski definition) is 1. The van der Waals surface area contributed by atoms with Crippen molar-refractivity contribution in [2.45, 2.75) is 6.92 Å². The number of nitrogens with zero attached hydrogens (tertiary/aromatic N) is 3. The highest BCUT2D eigenvalue weighted by Crippen LogP contribution is 2.19. The first-order valence-electron chi connectivity index (χ1n) is 6.30. The topological polar surface area (TPSA) is 67.6 Å². The number of aryl methyl sites for hydroxylation is 1. The Labute approximate surface area is 112 Å². The third-order valence-corrected chi connectivity index (χ3v) is 3.41. The number of rotatable bonds is 2. The summed E-state index contributed by atoms with van der Waals surface area (Å²) in [6.45, 7) is 4.89. The van der Waals surface area contributed by atoms with Gasteiger partial charge in [0.1, 0.15) is 5.75 Å². The van der Waals surface area contributed by atoms with Crippen LogP contribution in [0.25, 0.3) is 0 Å². The summed E-state index contributed by atoms with van der Waals surface area (Å²) in [6, 6.07) is 7.11. The number of phenols is 1. The highest BCUT2D eigenvalue weighted by molar-refractivity contribution is 5.94. The molecule has 5 heteroatoms. The van der Waals surface area contributed by atoms with Crippen molar-refractivity contribution in [3.8, 4) is 11.8 Å². The van der Waals surface area contributed by atoms with Crippen LogP contribution in [0, 0.1) is 18.3 Å². The minimum atomic E-state index is -0.0630. The number of nitriles is 1. The van der Waals surface area contributed by atoms with E-state index in [9.17, 15) is 9.90 Å². The summed E-state index contributed by atoms with van der Waals surface area (Å²) in [4.78, 5) is 16.0. The maximum atomic E-state index is 12.3. The molecule has 2 rings (SSSR count). The molecule has 0 unspecified atom stereocenters. The molecular formula is C14H17N3O2. The van der Waals surface area contributed by atoms with Crippen LogP contribution in [0.1, 0.15) is 15.9 Å². The van der Waals surface area contributed by atoms with Crippen molar-refractivity contribution < 1.29 is 9.90 Å². The standard InChI is InChI=1S/C14H17N3O2/c1-11-2-3-12(10-13(11)18)14(19)17-8-6-16(5-4-15)7-9-17/h2-3,10,18H,5-9H2,1H3. The van der Waals surface area contributed by atoms with Crippen LogP contribution < -0.4 is 0 Å². The number of carbonyl (C=O) groups is 1. The van der Waals surface area contributed by atoms with E-state index in [0.717, 1.165) is 18.7 Å². The molecule has 1 aromatic carbocycles. The zero-order valence-electron chi connectivity index (χ0n) is 11.0. The molecular weight excluding hydrogens is 242 g/mol. The fraction of sp³-hybridized carbons (Fsp3) is 0.429. The van der Waals surface area contributed by atoms with E-state index in [1.165, 1.54) is 6.07 Å². The first-order valence-corrected chi connectivity index (χ1v) is 6.30. The lowest BCUT2D eigenvalue weighted by Crippen LogP contribution is -2.48. The average molecular weight is 259 g/mol. The van der Waals surface area contributed by atoms with Gasteiger partial charge >= 0.3 is 0 Å². The summed E-state index contributed by atoms with van der Waals surface area (Å²) < 4.78 is 0. The van der Waals surface area contributed by atoms with E-state index in [2.05, 4.69) is 6.07 Å². The average Bonchev–Trinajstić information content (AvgIpc) is 2.42. The lowest BCUT2D eigenvalue weighted by atomic mass is 10.1. The molecule has 1 aliphatic rings. The van der Waals surface area contributed by atoms with Gasteiger partial charge in [-0.15, -0.1) is 0 Å². The number of carbonyl (C=O) groups excluding carboxylic acids is 1. The van der Waals surface area contributed by atoms with E-state index < -0.39 is 0 Å². The Balaban J connectivity index is 2.01. The van der Waals surface area contributed by atoms with Crippen LogP contribution >= 0.6 is 0 Å². The Morgan fingerprint density at radius 3 is 2.63 bits per heavy atom. The zero-order chi connectivity index (χ0) is 13.8. The molecule has 0 radical (unpaired) electrons. The summed E-state index contributed by atoms with van der Waals surface area (Å²) in [7, 11) is 0. The Hall–Kier alpha value is -2.06. The van der Waals surface area contributed by atoms with Gasteiger partial charge in [-0.25, -0.2) is 0 Å². The highest BCUT2D eigenvalue weighted by atomic mass is 16.3.